The molecule has 0 aromatic heterocycles. The Labute approximate surface area is 115 Å². The summed E-state index contributed by atoms with van der Waals surface area (Å²) in [5.74, 6) is -1.36. The van der Waals surface area contributed by atoms with E-state index in [0.717, 1.165) is 5.56 Å². The first-order chi connectivity index (χ1) is 8.19. The van der Waals surface area contributed by atoms with Crippen molar-refractivity contribution in [3.63, 3.8) is 0 Å². The molecule has 0 radical (unpaired) electrons. The maximum atomic E-state index is 12.3. The second-order valence-corrected chi connectivity index (χ2v) is 5.46. The number of aliphatic carboxylic acids is 1. The van der Waals surface area contributed by atoms with Crippen LogP contribution in [0.4, 0.5) is 0 Å². The van der Waals surface area contributed by atoms with Gasteiger partial charge in [0.2, 0.25) is 0 Å². The Morgan fingerprint density at radius 3 is 2.39 bits per heavy atom. The van der Waals surface area contributed by atoms with Gasteiger partial charge in [0.15, 0.2) is 0 Å². The number of likely N-dealkylation sites (N-methyl/N-ethyl adjacent to an activating group) is 1. The van der Waals surface area contributed by atoms with Crippen molar-refractivity contribution in [3.8, 4) is 0 Å². The number of carboxylic acid groups (broad SMARTS) is 1. The first-order valence-electron chi connectivity index (χ1n) is 5.46. The largest absolute Gasteiger partial charge is 0.480 e. The summed E-state index contributed by atoms with van der Waals surface area (Å²) in [6, 6.07) is 5.33. The van der Waals surface area contributed by atoms with Crippen LogP contribution in [0, 0.1) is 6.92 Å². The summed E-state index contributed by atoms with van der Waals surface area (Å²) in [4.78, 5) is 24.7. The van der Waals surface area contributed by atoms with Gasteiger partial charge in [0, 0.05) is 11.5 Å². The molecule has 98 valence electrons. The highest BCUT2D eigenvalue weighted by molar-refractivity contribution is 9.10. The predicted molar refractivity (Wildman–Crippen MR) is 72.7 cm³/mol. The van der Waals surface area contributed by atoms with Crippen LogP contribution in [0.2, 0.25) is 0 Å². The zero-order valence-electron chi connectivity index (χ0n) is 10.8. The summed E-state index contributed by atoms with van der Waals surface area (Å²) in [6.07, 6.45) is 0. The Hall–Kier alpha value is -1.36. The van der Waals surface area contributed by atoms with Gasteiger partial charge in [0.25, 0.3) is 5.91 Å². The molecule has 1 rings (SSSR count). The molecule has 1 aromatic rings. The van der Waals surface area contributed by atoms with Gasteiger partial charge in [0.05, 0.1) is 5.56 Å². The van der Waals surface area contributed by atoms with Gasteiger partial charge in [0.1, 0.15) is 5.54 Å². The minimum Gasteiger partial charge on any atom is -0.480 e. The third-order valence-corrected chi connectivity index (χ3v) is 4.14. The summed E-state index contributed by atoms with van der Waals surface area (Å²) in [7, 11) is 1.49. The Balaban J connectivity index is 3.16. The third kappa shape index (κ3) is 2.56. The lowest BCUT2D eigenvalue weighted by Gasteiger charge is -2.31. The third-order valence-electron chi connectivity index (χ3n) is 3.09. The number of carboxylic acids is 1. The quantitative estimate of drug-likeness (QED) is 0.933. The number of aryl methyl sites for hydroxylation is 1. The van der Waals surface area contributed by atoms with Crippen molar-refractivity contribution < 1.29 is 14.7 Å². The molecule has 0 fully saturated rings. The lowest BCUT2D eigenvalue weighted by Crippen LogP contribution is -2.50. The molecule has 18 heavy (non-hydrogen) atoms. The van der Waals surface area contributed by atoms with Gasteiger partial charge in [-0.15, -0.1) is 0 Å². The van der Waals surface area contributed by atoms with E-state index in [1.165, 1.54) is 25.8 Å². The standard InChI is InChI=1S/C13H16BrNO3/c1-8-6-5-7-9(10(8)14)11(16)15(4)13(2,3)12(17)18/h5-7H,1-4H3,(H,17,18). The van der Waals surface area contributed by atoms with E-state index in [9.17, 15) is 9.59 Å². The van der Waals surface area contributed by atoms with Gasteiger partial charge in [-0.25, -0.2) is 4.79 Å². The van der Waals surface area contributed by atoms with E-state index in [1.807, 2.05) is 13.0 Å². The molecule has 1 aromatic carbocycles. The molecule has 0 bridgehead atoms. The van der Waals surface area contributed by atoms with E-state index in [4.69, 9.17) is 5.11 Å². The molecular formula is C13H16BrNO3. The highest BCUT2D eigenvalue weighted by Gasteiger charge is 2.36. The van der Waals surface area contributed by atoms with Gasteiger partial charge in [-0.1, -0.05) is 12.1 Å². The van der Waals surface area contributed by atoms with Crippen molar-refractivity contribution in [1.29, 1.82) is 0 Å². The summed E-state index contributed by atoms with van der Waals surface area (Å²) in [5, 5.41) is 9.13. The number of carbonyl (C=O) groups excluding carboxylic acids is 1. The van der Waals surface area contributed by atoms with Gasteiger partial charge in [-0.3, -0.25) is 4.79 Å². The van der Waals surface area contributed by atoms with Crippen molar-refractivity contribution in [2.75, 3.05) is 7.05 Å². The minimum atomic E-state index is -1.25. The fourth-order valence-electron chi connectivity index (χ4n) is 1.39. The first-order valence-corrected chi connectivity index (χ1v) is 6.25. The monoisotopic (exact) mass is 313 g/mol. The van der Waals surface area contributed by atoms with Crippen LogP contribution in [-0.4, -0.2) is 34.5 Å². The molecule has 0 aliphatic heterocycles. The maximum Gasteiger partial charge on any atom is 0.329 e. The summed E-state index contributed by atoms with van der Waals surface area (Å²) < 4.78 is 0.697. The SMILES string of the molecule is Cc1cccc(C(=O)N(C)C(C)(C)C(=O)O)c1Br. The molecule has 0 aliphatic carbocycles. The zero-order chi connectivity index (χ0) is 14.1. The molecule has 1 amide bonds. The average molecular weight is 314 g/mol. The molecule has 0 heterocycles. The molecule has 0 spiro atoms. The van der Waals surface area contributed by atoms with E-state index in [-0.39, 0.29) is 5.91 Å². The Kier molecular flexibility index (Phi) is 4.16. The number of hydrogen-bond acceptors (Lipinski definition) is 2. The Bertz CT molecular complexity index is 497. The molecule has 1 N–H and O–H groups in total. The van der Waals surface area contributed by atoms with E-state index in [0.29, 0.717) is 10.0 Å². The fourth-order valence-corrected chi connectivity index (χ4v) is 1.82. The topological polar surface area (TPSA) is 57.6 Å². The van der Waals surface area contributed by atoms with Crippen LogP contribution in [0.15, 0.2) is 22.7 Å². The Morgan fingerprint density at radius 1 is 1.33 bits per heavy atom. The minimum absolute atomic E-state index is 0.321. The van der Waals surface area contributed by atoms with Crippen molar-refractivity contribution >= 4 is 27.8 Å². The molecule has 0 unspecified atom stereocenters. The lowest BCUT2D eigenvalue weighted by atomic mass is 10.0. The predicted octanol–water partition coefficient (Wildman–Crippen LogP) is 2.69. The van der Waals surface area contributed by atoms with Crippen LogP contribution in [0.1, 0.15) is 29.8 Å². The first kappa shape index (κ1) is 14.7. The average Bonchev–Trinajstić information content (AvgIpc) is 2.30. The number of amides is 1. The summed E-state index contributed by atoms with van der Waals surface area (Å²) in [5.41, 5.74) is 0.148. The van der Waals surface area contributed by atoms with Gasteiger partial charge in [-0.2, -0.15) is 0 Å². The van der Waals surface area contributed by atoms with Crippen LogP contribution >= 0.6 is 15.9 Å². The number of carbonyl (C=O) groups is 2. The van der Waals surface area contributed by atoms with Crippen LogP contribution in [0.5, 0.6) is 0 Å². The highest BCUT2D eigenvalue weighted by atomic mass is 79.9. The molecule has 0 saturated carbocycles. The van der Waals surface area contributed by atoms with Crippen LogP contribution in [-0.2, 0) is 4.79 Å². The van der Waals surface area contributed by atoms with Crippen molar-refractivity contribution in [3.05, 3.63) is 33.8 Å². The molecule has 0 atom stereocenters. The lowest BCUT2D eigenvalue weighted by molar-refractivity contribution is -0.147. The smallest absolute Gasteiger partial charge is 0.329 e. The number of halogens is 1. The fraction of sp³-hybridized carbons (Fsp3) is 0.385. The van der Waals surface area contributed by atoms with E-state index >= 15 is 0 Å². The van der Waals surface area contributed by atoms with Crippen molar-refractivity contribution in [2.45, 2.75) is 26.3 Å². The zero-order valence-corrected chi connectivity index (χ0v) is 12.4. The molecule has 5 heteroatoms. The normalized spacial score (nSPS) is 11.2. The molecule has 0 saturated heterocycles. The molecular weight excluding hydrogens is 298 g/mol. The van der Waals surface area contributed by atoms with E-state index in [2.05, 4.69) is 15.9 Å². The van der Waals surface area contributed by atoms with Crippen molar-refractivity contribution in [1.82, 2.24) is 4.90 Å². The van der Waals surface area contributed by atoms with E-state index < -0.39 is 11.5 Å². The number of hydrogen-bond donors (Lipinski definition) is 1. The van der Waals surface area contributed by atoms with Crippen molar-refractivity contribution in [2.24, 2.45) is 0 Å². The number of nitrogens with zero attached hydrogens (tertiary/aromatic N) is 1. The van der Waals surface area contributed by atoms with Crippen LogP contribution < -0.4 is 0 Å². The van der Waals surface area contributed by atoms with Crippen LogP contribution in [0.25, 0.3) is 0 Å². The molecule has 4 nitrogen and oxygen atoms in total. The summed E-state index contributed by atoms with van der Waals surface area (Å²) in [6.45, 7) is 4.87. The second kappa shape index (κ2) is 5.10. The number of benzene rings is 1. The Morgan fingerprint density at radius 2 is 1.89 bits per heavy atom. The van der Waals surface area contributed by atoms with E-state index in [1.54, 1.807) is 12.1 Å². The highest BCUT2D eigenvalue weighted by Crippen LogP contribution is 2.24. The van der Waals surface area contributed by atoms with Gasteiger partial charge in [-0.05, 0) is 48.3 Å². The second-order valence-electron chi connectivity index (χ2n) is 4.66. The summed E-state index contributed by atoms with van der Waals surface area (Å²) >= 11 is 3.36. The molecule has 0 aliphatic rings. The van der Waals surface area contributed by atoms with Crippen LogP contribution in [0.3, 0.4) is 0 Å². The van der Waals surface area contributed by atoms with Gasteiger partial charge < -0.3 is 10.0 Å². The number of rotatable bonds is 3. The maximum absolute atomic E-state index is 12.3. The van der Waals surface area contributed by atoms with Gasteiger partial charge >= 0.3 is 5.97 Å².